The molecule has 1 aromatic carbocycles. The number of halogens is 3. The summed E-state index contributed by atoms with van der Waals surface area (Å²) >= 11 is 0. The van der Waals surface area contributed by atoms with Crippen LogP contribution >= 0.6 is 0 Å². The molecule has 1 aliphatic heterocycles. The van der Waals surface area contributed by atoms with Crippen molar-refractivity contribution in [2.75, 3.05) is 20.6 Å². The lowest BCUT2D eigenvalue weighted by atomic mass is 9.58. The van der Waals surface area contributed by atoms with Gasteiger partial charge in [0, 0.05) is 24.1 Å². The summed E-state index contributed by atoms with van der Waals surface area (Å²) in [5, 5.41) is 44.8. The second kappa shape index (κ2) is 10.1. The normalized spacial score (nSPS) is 30.1. The van der Waals surface area contributed by atoms with Gasteiger partial charge in [-0.05, 0) is 75.9 Å². The average Bonchev–Trinajstić information content (AvgIpc) is 3.31. The van der Waals surface area contributed by atoms with Gasteiger partial charge in [-0.1, -0.05) is 6.92 Å². The molecule has 0 bridgehead atoms. The fourth-order valence-corrected chi connectivity index (χ4v) is 7.65. The topological polar surface area (TPSA) is 165 Å². The summed E-state index contributed by atoms with van der Waals surface area (Å²) in [4.78, 5) is 42.6. The Morgan fingerprint density at radius 3 is 2.45 bits per heavy atom. The van der Waals surface area contributed by atoms with Gasteiger partial charge < -0.3 is 26.2 Å². The lowest BCUT2D eigenvalue weighted by Gasteiger charge is -2.50. The van der Waals surface area contributed by atoms with Crippen molar-refractivity contribution in [1.29, 1.82) is 0 Å². The van der Waals surface area contributed by atoms with Gasteiger partial charge in [0.05, 0.1) is 17.2 Å². The van der Waals surface area contributed by atoms with Gasteiger partial charge in [0.1, 0.15) is 22.8 Å². The number of aliphatic hydroxyl groups excluding tert-OH is 2. The molecule has 0 spiro atoms. The third-order valence-electron chi connectivity index (χ3n) is 9.43. The van der Waals surface area contributed by atoms with Crippen LogP contribution < -0.4 is 5.73 Å². The van der Waals surface area contributed by atoms with E-state index < -0.39 is 98.7 Å². The minimum atomic E-state index is -4.88. The molecule has 5 atom stereocenters. The number of carbonyl (C=O) groups is 3. The van der Waals surface area contributed by atoms with Gasteiger partial charge in [0.15, 0.2) is 11.4 Å². The standard InChI is InChI=1S/C29H34F3N3O7/c1-4-14-6-5-7-35(14)11-13-10-17(36)19-15(21(13)29(30,31)32)8-12-9-16-22(34(2)3)24(38)20(27(33)41)26(40)28(16,42)25(39)18(12)23(19)37/h10,12,14,16,22,36,38-39,42H,4-9,11H2,1-3H3,(H2,33,41)/t12-,14?,16-,22-,28-/m0/s1. The van der Waals surface area contributed by atoms with Gasteiger partial charge in [-0.25, -0.2) is 0 Å². The Labute approximate surface area is 239 Å². The van der Waals surface area contributed by atoms with Gasteiger partial charge in [0.25, 0.3) is 5.91 Å². The number of amides is 1. The van der Waals surface area contributed by atoms with Crippen molar-refractivity contribution in [2.45, 2.75) is 69.4 Å². The van der Waals surface area contributed by atoms with E-state index in [0.717, 1.165) is 25.3 Å². The minimum absolute atomic E-state index is 0.0743. The first-order valence-electron chi connectivity index (χ1n) is 13.9. The first-order chi connectivity index (χ1) is 19.5. The molecule has 1 amide bonds. The van der Waals surface area contributed by atoms with E-state index in [1.165, 1.54) is 19.0 Å². The summed E-state index contributed by atoms with van der Waals surface area (Å²) in [6, 6.07) is -0.215. The summed E-state index contributed by atoms with van der Waals surface area (Å²) in [5.74, 6) is -8.92. The van der Waals surface area contributed by atoms with Crippen LogP contribution in [0.25, 0.3) is 0 Å². The zero-order valence-corrected chi connectivity index (χ0v) is 23.5. The number of hydrogen-bond donors (Lipinski definition) is 5. The van der Waals surface area contributed by atoms with Crippen molar-refractivity contribution in [3.8, 4) is 5.75 Å². The van der Waals surface area contributed by atoms with Gasteiger partial charge in [-0.15, -0.1) is 0 Å². The zero-order valence-electron chi connectivity index (χ0n) is 23.5. The molecular formula is C29H34F3N3O7. The van der Waals surface area contributed by atoms with Crippen LogP contribution in [0.1, 0.15) is 59.7 Å². The molecule has 10 nitrogen and oxygen atoms in total. The molecule has 1 unspecified atom stereocenters. The number of Topliss-reactive ketones (excluding diaryl/α,β-unsaturated/α-hetero) is 2. The van der Waals surface area contributed by atoms with Crippen LogP contribution in [0.5, 0.6) is 5.75 Å². The van der Waals surface area contributed by atoms with Crippen LogP contribution in [0.15, 0.2) is 28.7 Å². The molecule has 1 saturated heterocycles. The largest absolute Gasteiger partial charge is 0.510 e. The van der Waals surface area contributed by atoms with Gasteiger partial charge in [-0.3, -0.25) is 24.2 Å². The van der Waals surface area contributed by atoms with Crippen LogP contribution in [0.3, 0.4) is 0 Å². The highest BCUT2D eigenvalue weighted by atomic mass is 19.4. The Kier molecular flexibility index (Phi) is 7.22. The number of allylic oxidation sites excluding steroid dienone is 1. The summed E-state index contributed by atoms with van der Waals surface area (Å²) < 4.78 is 44.2. The highest BCUT2D eigenvalue weighted by Crippen LogP contribution is 2.54. The molecule has 0 aromatic heterocycles. The Balaban J connectivity index is 1.69. The minimum Gasteiger partial charge on any atom is -0.510 e. The third kappa shape index (κ3) is 4.23. The number of likely N-dealkylation sites (tertiary alicyclic amines) is 1. The lowest BCUT2D eigenvalue weighted by Crippen LogP contribution is -2.63. The van der Waals surface area contributed by atoms with Crippen molar-refractivity contribution in [3.63, 3.8) is 0 Å². The Hall–Kier alpha value is -3.42. The first kappa shape index (κ1) is 30.1. The quantitative estimate of drug-likeness (QED) is 0.323. The van der Waals surface area contributed by atoms with Crippen LogP contribution in [0.4, 0.5) is 13.2 Å². The Bertz CT molecular complexity index is 1450. The van der Waals surface area contributed by atoms with Crippen molar-refractivity contribution in [2.24, 2.45) is 17.6 Å². The monoisotopic (exact) mass is 593 g/mol. The number of likely N-dealkylation sites (N-methyl/N-ethyl adjacent to an activating group) is 1. The molecule has 1 aromatic rings. The second-order valence-corrected chi connectivity index (χ2v) is 11.9. The maximum Gasteiger partial charge on any atom is 0.417 e. The van der Waals surface area contributed by atoms with Crippen LogP contribution in [-0.4, -0.2) is 86.0 Å². The van der Waals surface area contributed by atoms with E-state index in [-0.39, 0.29) is 24.6 Å². The number of phenols is 1. The first-order valence-corrected chi connectivity index (χ1v) is 13.9. The van der Waals surface area contributed by atoms with E-state index in [1.54, 1.807) is 0 Å². The van der Waals surface area contributed by atoms with E-state index in [2.05, 4.69) is 0 Å². The lowest BCUT2D eigenvalue weighted by molar-refractivity contribution is -0.148. The highest BCUT2D eigenvalue weighted by molar-refractivity contribution is 6.24. The maximum absolute atomic E-state index is 14.7. The predicted octanol–water partition coefficient (Wildman–Crippen LogP) is 2.51. The molecule has 42 heavy (non-hydrogen) atoms. The molecule has 3 aliphatic carbocycles. The number of hydrogen-bond acceptors (Lipinski definition) is 9. The number of nitrogens with zero attached hydrogens (tertiary/aromatic N) is 2. The van der Waals surface area contributed by atoms with Crippen molar-refractivity contribution >= 4 is 17.5 Å². The number of rotatable bonds is 5. The molecular weight excluding hydrogens is 559 g/mol. The molecule has 6 N–H and O–H groups in total. The predicted molar refractivity (Wildman–Crippen MR) is 142 cm³/mol. The molecule has 4 aliphatic rings. The van der Waals surface area contributed by atoms with Crippen molar-refractivity contribution in [1.82, 2.24) is 9.80 Å². The van der Waals surface area contributed by atoms with Crippen LogP contribution in [0, 0.1) is 11.8 Å². The van der Waals surface area contributed by atoms with E-state index in [1.807, 2.05) is 11.8 Å². The molecule has 0 radical (unpaired) electrons. The SMILES string of the molecule is CCC1CCCN1Cc1cc(O)c2c(c1C(F)(F)F)C[C@H]1C[C@H]3[C@H](N(C)C)C(O)=C(C(N)=O)C(=O)[C@@]3(O)C(O)=C1C2=O. The van der Waals surface area contributed by atoms with Gasteiger partial charge in [-0.2, -0.15) is 13.2 Å². The van der Waals surface area contributed by atoms with Crippen LogP contribution in [-0.2, 0) is 28.7 Å². The number of aromatic hydroxyl groups is 1. The third-order valence-corrected chi connectivity index (χ3v) is 9.43. The zero-order chi connectivity index (χ0) is 31.0. The fourth-order valence-electron chi connectivity index (χ4n) is 7.65. The summed E-state index contributed by atoms with van der Waals surface area (Å²) in [6.07, 6.45) is -3.17. The molecule has 13 heteroatoms. The molecule has 1 heterocycles. The number of phenolic OH excluding ortho intramolecular Hbond substituents is 1. The summed E-state index contributed by atoms with van der Waals surface area (Å²) in [5.41, 5.74) is -1.26. The molecule has 228 valence electrons. The number of carbonyl (C=O) groups excluding carboxylic acids is 3. The second-order valence-electron chi connectivity index (χ2n) is 11.9. The van der Waals surface area contributed by atoms with Gasteiger partial charge in [0.2, 0.25) is 5.78 Å². The number of fused-ring (bicyclic) bond motifs is 3. The average molecular weight is 594 g/mol. The Morgan fingerprint density at radius 2 is 1.88 bits per heavy atom. The number of nitrogens with two attached hydrogens (primary N) is 1. The van der Waals surface area contributed by atoms with Crippen molar-refractivity contribution < 1.29 is 48.0 Å². The van der Waals surface area contributed by atoms with E-state index in [4.69, 9.17) is 5.73 Å². The number of ketones is 2. The highest BCUT2D eigenvalue weighted by Gasteiger charge is 2.63. The molecule has 1 fully saturated rings. The van der Waals surface area contributed by atoms with Gasteiger partial charge >= 0.3 is 6.18 Å². The van der Waals surface area contributed by atoms with E-state index >= 15 is 0 Å². The van der Waals surface area contributed by atoms with Crippen LogP contribution in [0.2, 0.25) is 0 Å². The summed E-state index contributed by atoms with van der Waals surface area (Å²) in [6.45, 7) is 2.48. The van der Waals surface area contributed by atoms with E-state index in [9.17, 15) is 48.0 Å². The van der Waals surface area contributed by atoms with Crippen molar-refractivity contribution in [3.05, 3.63) is 51.0 Å². The summed E-state index contributed by atoms with van der Waals surface area (Å²) in [7, 11) is 2.95. The number of benzene rings is 1. The Morgan fingerprint density at radius 1 is 1.21 bits per heavy atom. The molecule has 0 saturated carbocycles. The fraction of sp³-hybridized carbons (Fsp3) is 0.552. The number of primary amides is 1. The number of aliphatic hydroxyl groups is 3. The van der Waals surface area contributed by atoms with E-state index in [0.29, 0.717) is 6.54 Å². The maximum atomic E-state index is 14.7. The molecule has 5 rings (SSSR count). The smallest absolute Gasteiger partial charge is 0.417 e. The number of alkyl halides is 3.